The fourth-order valence-electron chi connectivity index (χ4n) is 6.43. The molecule has 0 N–H and O–H groups in total. The molecule has 2 aromatic carbocycles. The van der Waals surface area contributed by atoms with Gasteiger partial charge >= 0.3 is 0 Å². The summed E-state index contributed by atoms with van der Waals surface area (Å²) >= 11 is 0. The number of hydrogen-bond donors (Lipinski definition) is 0. The number of rotatable bonds is 3. The summed E-state index contributed by atoms with van der Waals surface area (Å²) in [7, 11) is 2.11. The zero-order valence-corrected chi connectivity index (χ0v) is 22.4. The number of nitrogens with zero attached hydrogens (tertiary/aromatic N) is 4. The normalized spacial score (nSPS) is 18.9. The first-order valence-electron chi connectivity index (χ1n) is 14.2. The Labute approximate surface area is 225 Å². The Morgan fingerprint density at radius 2 is 1.53 bits per heavy atom. The number of anilines is 1. The lowest BCUT2D eigenvalue weighted by molar-refractivity contribution is 0.0752. The maximum Gasteiger partial charge on any atom is 0.270 e. The minimum Gasteiger partial charge on any atom is -0.336 e. The fourth-order valence-corrected chi connectivity index (χ4v) is 6.43. The smallest absolute Gasteiger partial charge is 0.270 e. The first-order valence-corrected chi connectivity index (χ1v) is 14.2. The molecular formula is C32H38N4O2. The molecule has 2 aliphatic heterocycles. The van der Waals surface area contributed by atoms with Gasteiger partial charge in [0, 0.05) is 36.6 Å². The first kappa shape index (κ1) is 24.9. The van der Waals surface area contributed by atoms with Crippen LogP contribution in [0.15, 0.2) is 60.7 Å². The summed E-state index contributed by atoms with van der Waals surface area (Å²) in [6.07, 6.45) is 7.42. The van der Waals surface area contributed by atoms with Crippen molar-refractivity contribution in [1.82, 2.24) is 14.4 Å². The summed E-state index contributed by atoms with van der Waals surface area (Å²) in [4.78, 5) is 33.7. The zero-order chi connectivity index (χ0) is 26.1. The third kappa shape index (κ3) is 4.90. The summed E-state index contributed by atoms with van der Waals surface area (Å²) < 4.78 is 2.12. The SMILES string of the molecule is CN1CCCN(C(=O)c2ccc3n2Cc2ccccc2N(C(=O)c2ccc(C4CCCCC4)cc2)C3)CC1. The molecule has 2 amide bonds. The zero-order valence-electron chi connectivity index (χ0n) is 22.4. The van der Waals surface area contributed by atoms with E-state index < -0.39 is 0 Å². The lowest BCUT2D eigenvalue weighted by Gasteiger charge is -2.24. The third-order valence-electron chi connectivity index (χ3n) is 8.71. The topological polar surface area (TPSA) is 48.8 Å². The van der Waals surface area contributed by atoms with Crippen LogP contribution in [0.25, 0.3) is 0 Å². The summed E-state index contributed by atoms with van der Waals surface area (Å²) in [6, 6.07) is 20.4. The molecule has 6 nitrogen and oxygen atoms in total. The molecule has 198 valence electrons. The van der Waals surface area contributed by atoms with E-state index in [2.05, 4.69) is 34.7 Å². The molecule has 6 heteroatoms. The van der Waals surface area contributed by atoms with Crippen molar-refractivity contribution in [2.24, 2.45) is 0 Å². The summed E-state index contributed by atoms with van der Waals surface area (Å²) in [5.41, 5.74) is 5.75. The van der Waals surface area contributed by atoms with Gasteiger partial charge in [-0.3, -0.25) is 9.59 Å². The quantitative estimate of drug-likeness (QED) is 0.466. The van der Waals surface area contributed by atoms with E-state index in [0.29, 0.717) is 30.3 Å². The van der Waals surface area contributed by atoms with E-state index in [-0.39, 0.29) is 11.8 Å². The van der Waals surface area contributed by atoms with Crippen LogP contribution in [0, 0.1) is 0 Å². The molecule has 1 saturated heterocycles. The van der Waals surface area contributed by atoms with Crippen LogP contribution >= 0.6 is 0 Å². The van der Waals surface area contributed by atoms with Gasteiger partial charge in [0.05, 0.1) is 13.1 Å². The minimum atomic E-state index is 0.00530. The van der Waals surface area contributed by atoms with Crippen molar-refractivity contribution >= 4 is 17.5 Å². The van der Waals surface area contributed by atoms with E-state index >= 15 is 0 Å². The molecule has 38 heavy (non-hydrogen) atoms. The molecule has 3 heterocycles. The van der Waals surface area contributed by atoms with Crippen LogP contribution in [-0.4, -0.2) is 59.4 Å². The molecule has 1 aromatic heterocycles. The van der Waals surface area contributed by atoms with Gasteiger partial charge in [0.25, 0.3) is 11.8 Å². The highest BCUT2D eigenvalue weighted by molar-refractivity contribution is 6.06. The third-order valence-corrected chi connectivity index (χ3v) is 8.71. The van der Waals surface area contributed by atoms with E-state index in [0.717, 1.165) is 49.5 Å². The van der Waals surface area contributed by atoms with Gasteiger partial charge in [-0.1, -0.05) is 49.6 Å². The molecule has 6 rings (SSSR count). The number of aromatic nitrogens is 1. The van der Waals surface area contributed by atoms with Crippen LogP contribution in [0.2, 0.25) is 0 Å². The highest BCUT2D eigenvalue weighted by atomic mass is 16.2. The monoisotopic (exact) mass is 510 g/mol. The Balaban J connectivity index is 1.28. The van der Waals surface area contributed by atoms with Crippen molar-refractivity contribution < 1.29 is 9.59 Å². The van der Waals surface area contributed by atoms with Crippen LogP contribution < -0.4 is 4.90 Å². The summed E-state index contributed by atoms with van der Waals surface area (Å²) in [5.74, 6) is 0.712. The number of likely N-dealkylation sites (N-methyl/N-ethyl adjacent to an activating group) is 1. The molecule has 0 spiro atoms. The number of fused-ring (bicyclic) bond motifs is 2. The van der Waals surface area contributed by atoms with Crippen LogP contribution in [0.5, 0.6) is 0 Å². The van der Waals surface area contributed by atoms with Crippen LogP contribution in [-0.2, 0) is 13.1 Å². The number of carbonyl (C=O) groups excluding carboxylic acids is 2. The van der Waals surface area contributed by atoms with Crippen molar-refractivity contribution in [3.05, 3.63) is 88.7 Å². The molecule has 3 aromatic rings. The summed E-state index contributed by atoms with van der Waals surface area (Å²) in [5, 5.41) is 0. The van der Waals surface area contributed by atoms with Gasteiger partial charge in [-0.25, -0.2) is 0 Å². The highest BCUT2D eigenvalue weighted by Gasteiger charge is 2.29. The second-order valence-corrected chi connectivity index (χ2v) is 11.2. The van der Waals surface area contributed by atoms with Crippen LogP contribution in [0.3, 0.4) is 0 Å². The maximum absolute atomic E-state index is 13.9. The van der Waals surface area contributed by atoms with Gasteiger partial charge in [-0.15, -0.1) is 0 Å². The lowest BCUT2D eigenvalue weighted by atomic mass is 9.84. The first-order chi connectivity index (χ1) is 18.6. The summed E-state index contributed by atoms with van der Waals surface area (Å²) in [6.45, 7) is 4.45. The number of para-hydroxylation sites is 1. The van der Waals surface area contributed by atoms with Gasteiger partial charge in [0.1, 0.15) is 5.69 Å². The van der Waals surface area contributed by atoms with Gasteiger partial charge in [0.15, 0.2) is 0 Å². The van der Waals surface area contributed by atoms with E-state index in [1.165, 1.54) is 37.7 Å². The van der Waals surface area contributed by atoms with E-state index in [1.54, 1.807) is 0 Å². The predicted molar refractivity (Wildman–Crippen MR) is 151 cm³/mol. The average molecular weight is 511 g/mol. The number of carbonyl (C=O) groups is 2. The van der Waals surface area contributed by atoms with E-state index in [9.17, 15) is 9.59 Å². The van der Waals surface area contributed by atoms with Crippen molar-refractivity contribution in [3.8, 4) is 0 Å². The Bertz CT molecular complexity index is 1310. The minimum absolute atomic E-state index is 0.00530. The fraction of sp³-hybridized carbons (Fsp3) is 0.438. The van der Waals surface area contributed by atoms with Crippen molar-refractivity contribution in [2.45, 2.75) is 57.5 Å². The molecular weight excluding hydrogens is 472 g/mol. The Morgan fingerprint density at radius 3 is 2.34 bits per heavy atom. The van der Waals surface area contributed by atoms with Crippen molar-refractivity contribution in [2.75, 3.05) is 38.1 Å². The van der Waals surface area contributed by atoms with Crippen molar-refractivity contribution in [3.63, 3.8) is 0 Å². The maximum atomic E-state index is 13.9. The molecule has 0 bridgehead atoms. The lowest BCUT2D eigenvalue weighted by Crippen LogP contribution is -2.35. The van der Waals surface area contributed by atoms with E-state index in [4.69, 9.17) is 0 Å². The highest BCUT2D eigenvalue weighted by Crippen LogP contribution is 2.34. The second-order valence-electron chi connectivity index (χ2n) is 11.2. The average Bonchev–Trinajstić information content (AvgIpc) is 3.11. The largest absolute Gasteiger partial charge is 0.336 e. The van der Waals surface area contributed by atoms with Gasteiger partial charge in [0.2, 0.25) is 0 Å². The number of amides is 2. The molecule has 0 atom stereocenters. The molecule has 1 aliphatic carbocycles. The molecule has 0 radical (unpaired) electrons. The predicted octanol–water partition coefficient (Wildman–Crippen LogP) is 5.52. The van der Waals surface area contributed by atoms with Gasteiger partial charge in [-0.2, -0.15) is 0 Å². The Hall–Kier alpha value is -3.38. The van der Waals surface area contributed by atoms with Crippen molar-refractivity contribution in [1.29, 1.82) is 0 Å². The Kier molecular flexibility index (Phi) is 7.07. The number of benzene rings is 2. The molecule has 2 fully saturated rings. The van der Waals surface area contributed by atoms with Gasteiger partial charge < -0.3 is 19.3 Å². The van der Waals surface area contributed by atoms with Crippen LogP contribution in [0.4, 0.5) is 5.69 Å². The second kappa shape index (κ2) is 10.8. The van der Waals surface area contributed by atoms with E-state index in [1.807, 2.05) is 52.3 Å². The Morgan fingerprint density at radius 1 is 0.737 bits per heavy atom. The van der Waals surface area contributed by atoms with Gasteiger partial charge in [-0.05, 0) is 80.2 Å². The molecule has 0 unspecified atom stereocenters. The molecule has 3 aliphatic rings. The standard InChI is InChI=1S/C32H38N4O2/c1-33-18-7-19-34(21-20-33)32(38)30-17-16-28-23-36(29-11-6-5-10-27(29)22-35(28)30)31(37)26-14-12-25(13-15-26)24-8-3-2-4-9-24/h5-6,10-17,24H,2-4,7-9,18-23H2,1H3. The van der Waals surface area contributed by atoms with Crippen LogP contribution in [0.1, 0.15) is 82.1 Å². The number of hydrogen-bond acceptors (Lipinski definition) is 3. The molecule has 1 saturated carbocycles.